The summed E-state index contributed by atoms with van der Waals surface area (Å²) < 4.78 is 11.2. The van der Waals surface area contributed by atoms with E-state index in [2.05, 4.69) is 30.3 Å². The Bertz CT molecular complexity index is 1510. The maximum atomic E-state index is 13.5. The fourth-order valence-corrected chi connectivity index (χ4v) is 4.62. The summed E-state index contributed by atoms with van der Waals surface area (Å²) in [6.45, 7) is -0.225. The molecule has 0 radical (unpaired) electrons. The van der Waals surface area contributed by atoms with Gasteiger partial charge in [0.25, 0.3) is 5.91 Å². The third-order valence-corrected chi connectivity index (χ3v) is 6.72. The summed E-state index contributed by atoms with van der Waals surface area (Å²) in [6.07, 6.45) is 1.32. The normalized spacial score (nSPS) is 14.8. The Balaban J connectivity index is 1.43. The van der Waals surface area contributed by atoms with Crippen LogP contribution >= 0.6 is 0 Å². The van der Waals surface area contributed by atoms with Gasteiger partial charge in [-0.3, -0.25) is 9.59 Å². The number of benzene rings is 4. The Kier molecular flexibility index (Phi) is 7.09. The van der Waals surface area contributed by atoms with Crippen molar-refractivity contribution in [2.75, 3.05) is 32.7 Å². The van der Waals surface area contributed by atoms with Gasteiger partial charge < -0.3 is 14.4 Å². The van der Waals surface area contributed by atoms with Gasteiger partial charge >= 0.3 is 0 Å². The quantitative estimate of drug-likeness (QED) is 0.295. The van der Waals surface area contributed by atoms with Crippen LogP contribution in [0.4, 0.5) is 5.69 Å². The van der Waals surface area contributed by atoms with Crippen LogP contribution in [-0.4, -0.2) is 50.7 Å². The maximum Gasteiger partial charge on any atom is 0.281 e. The van der Waals surface area contributed by atoms with Gasteiger partial charge in [-0.1, -0.05) is 48.5 Å². The average molecular weight is 508 g/mol. The van der Waals surface area contributed by atoms with E-state index < -0.39 is 0 Å². The number of anilines is 1. The molecule has 0 saturated carbocycles. The minimum absolute atomic E-state index is 0.225. The van der Waals surface area contributed by atoms with Gasteiger partial charge in [0.1, 0.15) is 6.29 Å². The number of hydrogen-bond acceptors (Lipinski definition) is 6. The Morgan fingerprint density at radius 3 is 2.45 bits per heavy atom. The summed E-state index contributed by atoms with van der Waals surface area (Å²) in [6, 6.07) is 27.2. The lowest BCUT2D eigenvalue weighted by Crippen LogP contribution is -2.31. The molecule has 1 amide bonds. The van der Waals surface area contributed by atoms with E-state index in [4.69, 9.17) is 14.6 Å². The lowest BCUT2D eigenvalue weighted by Gasteiger charge is -2.23. The van der Waals surface area contributed by atoms with Crippen molar-refractivity contribution in [3.63, 3.8) is 0 Å². The van der Waals surface area contributed by atoms with E-state index in [-0.39, 0.29) is 18.6 Å². The third kappa shape index (κ3) is 5.09. The zero-order chi connectivity index (χ0) is 26.6. The molecule has 0 bridgehead atoms. The Hall–Kier alpha value is -4.65. The number of aldehydes is 1. The van der Waals surface area contributed by atoms with Gasteiger partial charge in [0.15, 0.2) is 18.1 Å². The molecule has 0 saturated heterocycles. The summed E-state index contributed by atoms with van der Waals surface area (Å²) in [4.78, 5) is 26.6. The number of amides is 1. The van der Waals surface area contributed by atoms with Crippen molar-refractivity contribution in [1.82, 2.24) is 5.01 Å². The molecule has 1 atom stereocenters. The Morgan fingerprint density at radius 1 is 0.974 bits per heavy atom. The van der Waals surface area contributed by atoms with E-state index >= 15 is 0 Å². The molecule has 192 valence electrons. The molecule has 7 heteroatoms. The summed E-state index contributed by atoms with van der Waals surface area (Å²) in [5.41, 5.74) is 4.37. The average Bonchev–Trinajstić information content (AvgIpc) is 3.41. The molecule has 1 aliphatic heterocycles. The molecule has 1 aliphatic rings. The second kappa shape index (κ2) is 10.8. The number of ether oxygens (including phenoxy) is 2. The van der Waals surface area contributed by atoms with Crippen LogP contribution in [0.25, 0.3) is 10.8 Å². The van der Waals surface area contributed by atoms with Gasteiger partial charge in [-0.05, 0) is 58.3 Å². The molecular weight excluding hydrogens is 478 g/mol. The number of carbonyl (C=O) groups excluding carboxylic acids is 2. The van der Waals surface area contributed by atoms with Crippen molar-refractivity contribution >= 4 is 34.4 Å². The molecule has 7 nitrogen and oxygen atoms in total. The maximum absolute atomic E-state index is 13.5. The van der Waals surface area contributed by atoms with Gasteiger partial charge in [0, 0.05) is 31.8 Å². The molecule has 0 N–H and O–H groups in total. The molecule has 5 rings (SSSR count). The molecule has 0 aromatic heterocycles. The second-order valence-corrected chi connectivity index (χ2v) is 9.37. The zero-order valence-electron chi connectivity index (χ0n) is 21.6. The van der Waals surface area contributed by atoms with E-state index in [1.807, 2.05) is 55.4 Å². The monoisotopic (exact) mass is 507 g/mol. The van der Waals surface area contributed by atoms with Gasteiger partial charge in [-0.25, -0.2) is 5.01 Å². The molecule has 0 fully saturated rings. The van der Waals surface area contributed by atoms with E-state index in [9.17, 15) is 9.59 Å². The van der Waals surface area contributed by atoms with E-state index in [0.29, 0.717) is 23.5 Å². The van der Waals surface area contributed by atoms with Crippen molar-refractivity contribution in [3.05, 3.63) is 102 Å². The molecule has 1 heterocycles. The van der Waals surface area contributed by atoms with Crippen LogP contribution in [-0.2, 0) is 4.79 Å². The lowest BCUT2D eigenvalue weighted by atomic mass is 9.96. The summed E-state index contributed by atoms with van der Waals surface area (Å²) in [5, 5.41) is 8.60. The summed E-state index contributed by atoms with van der Waals surface area (Å²) in [7, 11) is 5.48. The van der Waals surface area contributed by atoms with Crippen molar-refractivity contribution in [2.45, 2.75) is 12.5 Å². The lowest BCUT2D eigenvalue weighted by molar-refractivity contribution is -0.135. The SMILES string of the molecule is COc1cc(C=O)ccc1OCC(=O)N1N=C(c2ccc3ccccc3c2)CC1c1ccc(N(C)C)cc1. The van der Waals surface area contributed by atoms with Crippen molar-refractivity contribution in [2.24, 2.45) is 5.10 Å². The van der Waals surface area contributed by atoms with E-state index in [1.54, 1.807) is 18.2 Å². The highest BCUT2D eigenvalue weighted by atomic mass is 16.5. The number of carbonyl (C=O) groups is 2. The van der Waals surface area contributed by atoms with Gasteiger partial charge in [-0.15, -0.1) is 0 Å². The molecule has 38 heavy (non-hydrogen) atoms. The first-order chi connectivity index (χ1) is 18.5. The van der Waals surface area contributed by atoms with Crippen LogP contribution < -0.4 is 14.4 Å². The van der Waals surface area contributed by atoms with E-state index in [0.717, 1.165) is 39.6 Å². The smallest absolute Gasteiger partial charge is 0.281 e. The number of methoxy groups -OCH3 is 1. The van der Waals surface area contributed by atoms with Crippen LogP contribution in [0.15, 0.2) is 90.0 Å². The molecule has 4 aromatic carbocycles. The molecular formula is C31H29N3O4. The predicted octanol–water partition coefficient (Wildman–Crippen LogP) is 5.48. The molecule has 4 aromatic rings. The van der Waals surface area contributed by atoms with Gasteiger partial charge in [-0.2, -0.15) is 5.10 Å². The van der Waals surface area contributed by atoms with Crippen LogP contribution in [0.3, 0.4) is 0 Å². The number of rotatable bonds is 8. The second-order valence-electron chi connectivity index (χ2n) is 9.37. The van der Waals surface area contributed by atoms with Crippen LogP contribution in [0.1, 0.15) is 33.9 Å². The predicted molar refractivity (Wildman–Crippen MR) is 149 cm³/mol. The largest absolute Gasteiger partial charge is 0.493 e. The highest BCUT2D eigenvalue weighted by molar-refractivity contribution is 6.05. The summed E-state index contributed by atoms with van der Waals surface area (Å²) in [5.74, 6) is 0.500. The number of hydrazone groups is 1. The minimum Gasteiger partial charge on any atom is -0.493 e. The minimum atomic E-state index is -0.274. The summed E-state index contributed by atoms with van der Waals surface area (Å²) >= 11 is 0. The molecule has 1 unspecified atom stereocenters. The first kappa shape index (κ1) is 25.0. The Labute approximate surface area is 221 Å². The molecule has 0 aliphatic carbocycles. The first-order valence-corrected chi connectivity index (χ1v) is 12.4. The number of hydrogen-bond donors (Lipinski definition) is 0. The number of fused-ring (bicyclic) bond motifs is 1. The fraction of sp³-hybridized carbons (Fsp3) is 0.194. The van der Waals surface area contributed by atoms with Crippen molar-refractivity contribution in [1.29, 1.82) is 0 Å². The van der Waals surface area contributed by atoms with Crippen LogP contribution in [0.5, 0.6) is 11.5 Å². The van der Waals surface area contributed by atoms with Crippen LogP contribution in [0, 0.1) is 0 Å². The zero-order valence-corrected chi connectivity index (χ0v) is 21.6. The third-order valence-electron chi connectivity index (χ3n) is 6.72. The van der Waals surface area contributed by atoms with Gasteiger partial charge in [0.2, 0.25) is 0 Å². The topological polar surface area (TPSA) is 71.4 Å². The van der Waals surface area contributed by atoms with Crippen molar-refractivity contribution in [3.8, 4) is 11.5 Å². The Morgan fingerprint density at radius 2 is 1.74 bits per heavy atom. The van der Waals surface area contributed by atoms with Crippen molar-refractivity contribution < 1.29 is 19.1 Å². The highest BCUT2D eigenvalue weighted by Gasteiger charge is 2.33. The first-order valence-electron chi connectivity index (χ1n) is 12.4. The number of nitrogens with zero attached hydrogens (tertiary/aromatic N) is 3. The highest BCUT2D eigenvalue weighted by Crippen LogP contribution is 2.35. The van der Waals surface area contributed by atoms with E-state index in [1.165, 1.54) is 12.1 Å². The standard InChI is InChI=1S/C31H29N3O4/c1-33(2)26-13-11-23(12-14-26)28-18-27(25-10-9-22-6-4-5-7-24(22)17-25)32-34(28)31(36)20-38-29-15-8-21(19-35)16-30(29)37-3/h4-17,19,28H,18,20H2,1-3H3. The molecule has 0 spiro atoms. The van der Waals surface area contributed by atoms with Gasteiger partial charge in [0.05, 0.1) is 18.9 Å². The fourth-order valence-electron chi connectivity index (χ4n) is 4.62. The van der Waals surface area contributed by atoms with Crippen LogP contribution in [0.2, 0.25) is 0 Å².